The summed E-state index contributed by atoms with van der Waals surface area (Å²) < 4.78 is 6.75. The number of aromatic nitrogens is 3. The van der Waals surface area contributed by atoms with Crippen molar-refractivity contribution < 1.29 is 33.3 Å². The van der Waals surface area contributed by atoms with Crippen molar-refractivity contribution in [3.8, 4) is 0 Å². The number of β-lactam (4-membered cyclic amide) rings is 1. The second-order valence-corrected chi connectivity index (χ2v) is 8.74. The number of nitrogens with two attached hydrogens (primary N) is 1. The molecule has 0 aromatic carbocycles. The van der Waals surface area contributed by atoms with E-state index in [0.29, 0.717) is 17.9 Å². The number of hydrogen-bond donors (Lipinski definition) is 3. The highest BCUT2D eigenvalue weighted by atomic mass is 32.2. The molecule has 34 heavy (non-hydrogen) atoms. The number of anilines is 1. The Hall–Kier alpha value is -3.94. The number of hydrogen-bond acceptors (Lipinski definition) is 10. The summed E-state index contributed by atoms with van der Waals surface area (Å²) in [5.74, 6) is -2.11. The van der Waals surface area contributed by atoms with Crippen molar-refractivity contribution in [1.82, 2.24) is 20.2 Å². The minimum Gasteiger partial charge on any atom is -0.477 e. The van der Waals surface area contributed by atoms with Gasteiger partial charge in [-0.15, -0.1) is 11.8 Å². The van der Waals surface area contributed by atoms with Crippen molar-refractivity contribution in [3.63, 3.8) is 0 Å². The van der Waals surface area contributed by atoms with Gasteiger partial charge >= 0.3 is 5.97 Å². The fourth-order valence-corrected chi connectivity index (χ4v) is 5.21. The van der Waals surface area contributed by atoms with E-state index in [-0.39, 0.29) is 23.1 Å². The number of carboxylic acids is 1. The number of oxazole rings is 1. The number of nitrogens with one attached hydrogen (secondary N) is 1. The van der Waals surface area contributed by atoms with Gasteiger partial charge in [0.05, 0.1) is 0 Å². The summed E-state index contributed by atoms with van der Waals surface area (Å²) in [5.41, 5.74) is 7.35. The molecule has 0 spiro atoms. The van der Waals surface area contributed by atoms with Crippen molar-refractivity contribution in [1.29, 1.82) is 0 Å². The highest BCUT2D eigenvalue weighted by Gasteiger charge is 2.54. The number of nitrogens with zero attached hydrogens (tertiary/aromatic N) is 5. The zero-order chi connectivity index (χ0) is 24.6. The van der Waals surface area contributed by atoms with Crippen LogP contribution >= 0.6 is 11.8 Å². The molecular weight excluding hydrogens is 466 g/mol. The summed E-state index contributed by atoms with van der Waals surface area (Å²) in [4.78, 5) is 51.9. The maximum atomic E-state index is 12.9. The number of carboxylic acid groups (broad SMARTS) is 1. The number of fused-ring (bicyclic) bond motifs is 1. The lowest BCUT2D eigenvalue weighted by molar-refractivity contribution is -0.690. The highest BCUT2D eigenvalue weighted by molar-refractivity contribution is 8.00. The molecule has 4 N–H and O–H groups in total. The van der Waals surface area contributed by atoms with Crippen molar-refractivity contribution in [3.05, 3.63) is 47.0 Å². The summed E-state index contributed by atoms with van der Waals surface area (Å²) in [6.07, 6.45) is 4.75. The van der Waals surface area contributed by atoms with Gasteiger partial charge in [-0.25, -0.2) is 9.78 Å². The molecule has 14 heteroatoms. The van der Waals surface area contributed by atoms with E-state index in [9.17, 15) is 19.5 Å². The Labute approximate surface area is 197 Å². The molecule has 2 amide bonds. The van der Waals surface area contributed by atoms with Crippen LogP contribution in [-0.4, -0.2) is 67.7 Å². The normalized spacial score (nSPS) is 20.0. The first-order valence-corrected chi connectivity index (χ1v) is 11.1. The molecule has 0 bridgehead atoms. The molecule has 2 aliphatic heterocycles. The SMILES string of the molecule is CO/N=C(\C(=O)NC1C(=O)N2C(C(=O)O)=C(C[n+]3cc(C)nc(C)c3)CS[C@H]12)c1coc(N)n1. The average molecular weight is 489 g/mol. The van der Waals surface area contributed by atoms with E-state index < -0.39 is 29.2 Å². The second kappa shape index (κ2) is 9.13. The minimum absolute atomic E-state index is 0.0325. The number of oxime groups is 1. The van der Waals surface area contributed by atoms with E-state index in [2.05, 4.69) is 20.4 Å². The number of amides is 2. The largest absolute Gasteiger partial charge is 0.477 e. The van der Waals surface area contributed by atoms with Crippen LogP contribution in [0.2, 0.25) is 0 Å². The molecule has 0 radical (unpaired) electrons. The lowest BCUT2D eigenvalue weighted by Crippen LogP contribution is -2.71. The fourth-order valence-electron chi connectivity index (χ4n) is 3.87. The smallest absolute Gasteiger partial charge is 0.352 e. The van der Waals surface area contributed by atoms with E-state index in [4.69, 9.17) is 15.0 Å². The second-order valence-electron chi connectivity index (χ2n) is 7.64. The van der Waals surface area contributed by atoms with E-state index in [1.807, 2.05) is 30.8 Å². The standard InChI is InChI=1S/C20H21N7O6S/c1-9-4-26(5-10(2)22-9)6-11-8-34-18-14(17(29)27(18)15(11)19(30)31)24-16(28)13(25-32-3)12-7-33-20(21)23-12/h4-5,7,14,18H,6,8H2,1-3H3,(H3-,21,23,24,28,30,31)/p+1/b25-13-/t14?,18-/m1/s1. The number of thioether (sulfide) groups is 1. The molecule has 178 valence electrons. The van der Waals surface area contributed by atoms with Gasteiger partial charge in [0, 0.05) is 11.3 Å². The summed E-state index contributed by atoms with van der Waals surface area (Å²) in [6.45, 7) is 4.00. The van der Waals surface area contributed by atoms with E-state index in [0.717, 1.165) is 17.7 Å². The predicted molar refractivity (Wildman–Crippen MR) is 118 cm³/mol. The Kier molecular flexibility index (Phi) is 6.24. The molecule has 13 nitrogen and oxygen atoms in total. The molecule has 2 atom stereocenters. The summed E-state index contributed by atoms with van der Waals surface area (Å²) in [6, 6.07) is -1.11. The summed E-state index contributed by atoms with van der Waals surface area (Å²) in [7, 11) is 1.25. The minimum atomic E-state index is -1.21. The molecule has 2 aromatic rings. The molecule has 1 saturated heterocycles. The van der Waals surface area contributed by atoms with Crippen LogP contribution in [0.15, 0.2) is 39.5 Å². The Balaban J connectivity index is 1.55. The Bertz CT molecular complexity index is 1220. The molecule has 1 fully saturated rings. The number of carbonyl (C=O) groups is 3. The number of carbonyl (C=O) groups excluding carboxylic acids is 2. The summed E-state index contributed by atoms with van der Waals surface area (Å²) >= 11 is 1.36. The topological polar surface area (TPSA) is 177 Å². The molecule has 2 aliphatic rings. The number of nitrogen functional groups attached to an aromatic ring is 1. The van der Waals surface area contributed by atoms with E-state index in [1.165, 1.54) is 23.8 Å². The van der Waals surface area contributed by atoms with Gasteiger partial charge in [0.15, 0.2) is 24.7 Å². The number of aryl methyl sites for hydroxylation is 2. The first-order chi connectivity index (χ1) is 16.2. The van der Waals surface area contributed by atoms with E-state index in [1.54, 1.807) is 0 Å². The van der Waals surface area contributed by atoms with Gasteiger partial charge in [-0.2, -0.15) is 9.55 Å². The van der Waals surface area contributed by atoms with Crippen LogP contribution in [0.4, 0.5) is 6.01 Å². The molecular formula is C20H22N7O6S+. The monoisotopic (exact) mass is 488 g/mol. The zero-order valence-corrected chi connectivity index (χ0v) is 19.3. The average Bonchev–Trinajstić information content (AvgIpc) is 3.20. The van der Waals surface area contributed by atoms with Gasteiger partial charge in [-0.1, -0.05) is 5.16 Å². The van der Waals surface area contributed by atoms with Gasteiger partial charge in [-0.3, -0.25) is 14.5 Å². The zero-order valence-electron chi connectivity index (χ0n) is 18.5. The summed E-state index contributed by atoms with van der Waals surface area (Å²) in [5, 5.41) is 15.5. The van der Waals surface area contributed by atoms with Crippen LogP contribution in [-0.2, 0) is 25.8 Å². The first-order valence-electron chi connectivity index (χ1n) is 10.1. The lowest BCUT2D eigenvalue weighted by Gasteiger charge is -2.49. The third kappa shape index (κ3) is 4.31. The van der Waals surface area contributed by atoms with Gasteiger partial charge < -0.3 is 25.4 Å². The molecule has 4 heterocycles. The van der Waals surface area contributed by atoms with Crippen LogP contribution in [0.3, 0.4) is 0 Å². The molecule has 1 unspecified atom stereocenters. The fraction of sp³-hybridized carbons (Fsp3) is 0.350. The van der Waals surface area contributed by atoms with E-state index >= 15 is 0 Å². The molecule has 0 aliphatic carbocycles. The Morgan fingerprint density at radius 3 is 2.68 bits per heavy atom. The van der Waals surface area contributed by atoms with Crippen LogP contribution in [0.25, 0.3) is 0 Å². The van der Waals surface area contributed by atoms with Crippen LogP contribution in [0.5, 0.6) is 0 Å². The van der Waals surface area contributed by atoms with Crippen molar-refractivity contribution >= 4 is 41.3 Å². The van der Waals surface area contributed by atoms with Crippen LogP contribution in [0.1, 0.15) is 17.1 Å². The lowest BCUT2D eigenvalue weighted by atomic mass is 10.0. The van der Waals surface area contributed by atoms with Crippen LogP contribution in [0, 0.1) is 13.8 Å². The first kappa shape index (κ1) is 23.2. The van der Waals surface area contributed by atoms with Crippen LogP contribution < -0.4 is 15.6 Å². The molecule has 4 rings (SSSR count). The highest BCUT2D eigenvalue weighted by Crippen LogP contribution is 2.40. The number of aliphatic carboxylic acids is 1. The molecule has 0 saturated carbocycles. The van der Waals surface area contributed by atoms with Crippen molar-refractivity contribution in [2.45, 2.75) is 31.8 Å². The van der Waals surface area contributed by atoms with Gasteiger partial charge in [0.1, 0.15) is 47.6 Å². The Morgan fingerprint density at radius 2 is 2.09 bits per heavy atom. The quantitative estimate of drug-likeness (QED) is 0.196. The third-order valence-electron chi connectivity index (χ3n) is 5.13. The number of rotatable bonds is 7. The van der Waals surface area contributed by atoms with Gasteiger partial charge in [0.2, 0.25) is 0 Å². The van der Waals surface area contributed by atoms with Crippen molar-refractivity contribution in [2.75, 3.05) is 18.6 Å². The van der Waals surface area contributed by atoms with Gasteiger partial charge in [0.25, 0.3) is 17.8 Å². The maximum Gasteiger partial charge on any atom is 0.352 e. The van der Waals surface area contributed by atoms with Crippen molar-refractivity contribution in [2.24, 2.45) is 5.16 Å². The maximum absolute atomic E-state index is 12.9. The molecule has 2 aromatic heterocycles. The Morgan fingerprint density at radius 1 is 1.38 bits per heavy atom. The third-order valence-corrected chi connectivity index (χ3v) is 6.47. The van der Waals surface area contributed by atoms with Gasteiger partial charge in [-0.05, 0) is 13.8 Å². The predicted octanol–water partition coefficient (Wildman–Crippen LogP) is -0.655.